The minimum Gasteiger partial charge on any atom is -0.298 e. The highest BCUT2D eigenvalue weighted by Crippen LogP contribution is 2.38. The van der Waals surface area contributed by atoms with Crippen LogP contribution in [0.25, 0.3) is 0 Å². The Morgan fingerprint density at radius 3 is 2.47 bits per heavy atom. The van der Waals surface area contributed by atoms with E-state index in [2.05, 4.69) is 0 Å². The number of thioether (sulfide) groups is 1. The molecule has 2 unspecified atom stereocenters. The van der Waals surface area contributed by atoms with Gasteiger partial charge in [-0.05, 0) is 12.5 Å². The second kappa shape index (κ2) is 4.19. The van der Waals surface area contributed by atoms with Crippen molar-refractivity contribution in [3.05, 3.63) is 35.9 Å². The van der Waals surface area contributed by atoms with E-state index in [0.717, 1.165) is 5.56 Å². The van der Waals surface area contributed by atoms with E-state index in [4.69, 9.17) is 0 Å². The Kier molecular flexibility index (Phi) is 2.91. The Labute approximate surface area is 93.1 Å². The number of rotatable bonds is 1. The minimum atomic E-state index is -0.154. The van der Waals surface area contributed by atoms with E-state index in [-0.39, 0.29) is 28.5 Å². The Morgan fingerprint density at radius 1 is 1.13 bits per heavy atom. The first-order valence-corrected chi connectivity index (χ1v) is 5.88. The summed E-state index contributed by atoms with van der Waals surface area (Å²) in [7, 11) is 0. The van der Waals surface area contributed by atoms with Crippen molar-refractivity contribution in [1.29, 1.82) is 0 Å². The SMILES string of the molecule is CC1SC(c2ccccc2)C(=O)CC1=O. The van der Waals surface area contributed by atoms with Crippen molar-refractivity contribution in [2.45, 2.75) is 23.8 Å². The lowest BCUT2D eigenvalue weighted by Crippen LogP contribution is -2.28. The van der Waals surface area contributed by atoms with Gasteiger partial charge >= 0.3 is 0 Å². The highest BCUT2D eigenvalue weighted by Gasteiger charge is 2.33. The molecule has 1 fully saturated rings. The molecule has 0 aromatic heterocycles. The van der Waals surface area contributed by atoms with Crippen LogP contribution < -0.4 is 0 Å². The second-order valence-corrected chi connectivity index (χ2v) is 5.13. The quantitative estimate of drug-likeness (QED) is 0.681. The summed E-state index contributed by atoms with van der Waals surface area (Å²) < 4.78 is 0. The van der Waals surface area contributed by atoms with Crippen LogP contribution in [0.1, 0.15) is 24.2 Å². The van der Waals surface area contributed by atoms with Crippen LogP contribution >= 0.6 is 11.8 Å². The van der Waals surface area contributed by atoms with Crippen LogP contribution in [-0.2, 0) is 9.59 Å². The molecule has 1 saturated heterocycles. The molecule has 15 heavy (non-hydrogen) atoms. The molecule has 1 heterocycles. The first-order chi connectivity index (χ1) is 7.18. The molecule has 0 spiro atoms. The van der Waals surface area contributed by atoms with Crippen LogP contribution in [-0.4, -0.2) is 16.8 Å². The predicted molar refractivity (Wildman–Crippen MR) is 60.9 cm³/mol. The largest absolute Gasteiger partial charge is 0.298 e. The monoisotopic (exact) mass is 220 g/mol. The number of hydrogen-bond acceptors (Lipinski definition) is 3. The summed E-state index contributed by atoms with van der Waals surface area (Å²) in [5.41, 5.74) is 1.01. The zero-order chi connectivity index (χ0) is 10.8. The molecule has 78 valence electrons. The van der Waals surface area contributed by atoms with Gasteiger partial charge in [0, 0.05) is 0 Å². The lowest BCUT2D eigenvalue weighted by Gasteiger charge is -2.24. The first-order valence-electron chi connectivity index (χ1n) is 4.94. The van der Waals surface area contributed by atoms with Gasteiger partial charge in [-0.15, -0.1) is 11.8 Å². The van der Waals surface area contributed by atoms with Crippen molar-refractivity contribution >= 4 is 23.3 Å². The molecule has 2 atom stereocenters. The predicted octanol–water partition coefficient (Wildman–Crippen LogP) is 2.39. The Bertz CT molecular complexity index is 386. The van der Waals surface area contributed by atoms with Crippen molar-refractivity contribution in [3.8, 4) is 0 Å². The van der Waals surface area contributed by atoms with E-state index < -0.39 is 0 Å². The molecule has 2 nitrogen and oxygen atoms in total. The van der Waals surface area contributed by atoms with Gasteiger partial charge in [0.1, 0.15) is 0 Å². The molecule has 1 aliphatic heterocycles. The van der Waals surface area contributed by atoms with Crippen molar-refractivity contribution < 1.29 is 9.59 Å². The van der Waals surface area contributed by atoms with Gasteiger partial charge in [0.05, 0.1) is 16.9 Å². The zero-order valence-corrected chi connectivity index (χ0v) is 9.29. The van der Waals surface area contributed by atoms with E-state index in [1.54, 1.807) is 0 Å². The number of ketones is 2. The van der Waals surface area contributed by atoms with Gasteiger partial charge in [-0.25, -0.2) is 0 Å². The third-order valence-electron chi connectivity index (χ3n) is 2.54. The molecule has 0 amide bonds. The minimum absolute atomic E-state index is 0.0364. The number of carbonyl (C=O) groups excluding carboxylic acids is 2. The average molecular weight is 220 g/mol. The zero-order valence-electron chi connectivity index (χ0n) is 8.47. The van der Waals surface area contributed by atoms with Crippen molar-refractivity contribution in [2.24, 2.45) is 0 Å². The fraction of sp³-hybridized carbons (Fsp3) is 0.333. The summed E-state index contributed by atoms with van der Waals surface area (Å²) in [4.78, 5) is 23.0. The molecule has 1 aliphatic rings. The third-order valence-corrected chi connectivity index (χ3v) is 4.02. The fourth-order valence-electron chi connectivity index (χ4n) is 1.66. The fourth-order valence-corrected chi connectivity index (χ4v) is 2.85. The van der Waals surface area contributed by atoms with Crippen LogP contribution in [0.4, 0.5) is 0 Å². The summed E-state index contributed by atoms with van der Waals surface area (Å²) >= 11 is 1.46. The summed E-state index contributed by atoms with van der Waals surface area (Å²) in [6, 6.07) is 9.65. The number of hydrogen-bond donors (Lipinski definition) is 0. The van der Waals surface area contributed by atoms with Crippen molar-refractivity contribution in [3.63, 3.8) is 0 Å². The van der Waals surface area contributed by atoms with Crippen molar-refractivity contribution in [2.75, 3.05) is 0 Å². The molecule has 0 radical (unpaired) electrons. The highest BCUT2D eigenvalue weighted by molar-refractivity contribution is 8.01. The Morgan fingerprint density at radius 2 is 1.80 bits per heavy atom. The standard InChI is InChI=1S/C12H12O2S/c1-8-10(13)7-11(14)12(15-8)9-5-3-2-4-6-9/h2-6,8,12H,7H2,1H3. The molecular formula is C12H12O2S. The average Bonchev–Trinajstić information content (AvgIpc) is 2.25. The van der Waals surface area contributed by atoms with E-state index in [9.17, 15) is 9.59 Å². The van der Waals surface area contributed by atoms with Gasteiger partial charge in [-0.3, -0.25) is 9.59 Å². The van der Waals surface area contributed by atoms with Gasteiger partial charge in [-0.1, -0.05) is 30.3 Å². The van der Waals surface area contributed by atoms with Gasteiger partial charge in [0.15, 0.2) is 11.6 Å². The van der Waals surface area contributed by atoms with Crippen LogP contribution in [0.2, 0.25) is 0 Å². The molecular weight excluding hydrogens is 208 g/mol. The highest BCUT2D eigenvalue weighted by atomic mass is 32.2. The van der Waals surface area contributed by atoms with E-state index >= 15 is 0 Å². The first kappa shape index (κ1) is 10.4. The molecule has 1 aromatic rings. The summed E-state index contributed by atoms with van der Waals surface area (Å²) in [6.07, 6.45) is 0.0910. The molecule has 0 aliphatic carbocycles. The topological polar surface area (TPSA) is 34.1 Å². The smallest absolute Gasteiger partial charge is 0.157 e. The molecule has 0 N–H and O–H groups in total. The van der Waals surface area contributed by atoms with Crippen LogP contribution in [0.3, 0.4) is 0 Å². The lowest BCUT2D eigenvalue weighted by molar-refractivity contribution is -0.127. The Hall–Kier alpha value is -1.09. The van der Waals surface area contributed by atoms with Gasteiger partial charge in [0.25, 0.3) is 0 Å². The number of Topliss-reactive ketones (excluding diaryl/α,β-unsaturated/α-hetero) is 2. The maximum absolute atomic E-state index is 11.7. The number of carbonyl (C=O) groups is 2. The van der Waals surface area contributed by atoms with Gasteiger partial charge in [0.2, 0.25) is 0 Å². The lowest BCUT2D eigenvalue weighted by atomic mass is 10.0. The molecule has 1 aromatic carbocycles. The molecule has 0 bridgehead atoms. The molecule has 3 heteroatoms. The second-order valence-electron chi connectivity index (χ2n) is 3.68. The molecule has 2 rings (SSSR count). The van der Waals surface area contributed by atoms with E-state index in [1.165, 1.54) is 11.8 Å². The normalized spacial score (nSPS) is 26.7. The van der Waals surface area contributed by atoms with Crippen LogP contribution in [0, 0.1) is 0 Å². The van der Waals surface area contributed by atoms with Crippen LogP contribution in [0.15, 0.2) is 30.3 Å². The van der Waals surface area contributed by atoms with Crippen LogP contribution in [0.5, 0.6) is 0 Å². The van der Waals surface area contributed by atoms with E-state index in [1.807, 2.05) is 37.3 Å². The van der Waals surface area contributed by atoms with E-state index in [0.29, 0.717) is 0 Å². The maximum Gasteiger partial charge on any atom is 0.157 e. The maximum atomic E-state index is 11.7. The third kappa shape index (κ3) is 2.12. The number of benzene rings is 1. The Balaban J connectivity index is 2.23. The van der Waals surface area contributed by atoms with Gasteiger partial charge in [-0.2, -0.15) is 0 Å². The summed E-state index contributed by atoms with van der Waals surface area (Å²) in [5, 5.41) is -0.216. The summed E-state index contributed by atoms with van der Waals surface area (Å²) in [6.45, 7) is 1.87. The van der Waals surface area contributed by atoms with Crippen molar-refractivity contribution in [1.82, 2.24) is 0 Å². The van der Waals surface area contributed by atoms with Gasteiger partial charge < -0.3 is 0 Å². The summed E-state index contributed by atoms with van der Waals surface area (Å²) in [5.74, 6) is 0.0893. The molecule has 0 saturated carbocycles.